The SMILES string of the molecule is CCOC(=O)C(O)C(O)c1ccc(F)cc1C(C)=O. The van der Waals surface area contributed by atoms with Crippen LogP contribution in [0.4, 0.5) is 4.39 Å². The van der Waals surface area contributed by atoms with E-state index in [1.54, 1.807) is 6.92 Å². The van der Waals surface area contributed by atoms with Crippen molar-refractivity contribution in [2.24, 2.45) is 0 Å². The number of halogens is 1. The lowest BCUT2D eigenvalue weighted by atomic mass is 9.96. The van der Waals surface area contributed by atoms with Crippen molar-refractivity contribution in [1.82, 2.24) is 0 Å². The molecule has 0 aliphatic heterocycles. The molecular formula is C13H15FO5. The molecule has 0 saturated carbocycles. The first kappa shape index (κ1) is 15.3. The van der Waals surface area contributed by atoms with Gasteiger partial charge in [-0.15, -0.1) is 0 Å². The van der Waals surface area contributed by atoms with Gasteiger partial charge < -0.3 is 14.9 Å². The number of rotatable bonds is 5. The first-order valence-corrected chi connectivity index (χ1v) is 5.71. The lowest BCUT2D eigenvalue weighted by Crippen LogP contribution is -2.30. The molecule has 0 aliphatic carbocycles. The molecule has 0 fully saturated rings. The summed E-state index contributed by atoms with van der Waals surface area (Å²) in [4.78, 5) is 22.7. The van der Waals surface area contributed by atoms with Gasteiger partial charge in [0.05, 0.1) is 6.61 Å². The van der Waals surface area contributed by atoms with Crippen molar-refractivity contribution < 1.29 is 28.9 Å². The van der Waals surface area contributed by atoms with Crippen molar-refractivity contribution in [1.29, 1.82) is 0 Å². The van der Waals surface area contributed by atoms with Gasteiger partial charge in [0.2, 0.25) is 0 Å². The molecule has 104 valence electrons. The van der Waals surface area contributed by atoms with Gasteiger partial charge in [0.1, 0.15) is 11.9 Å². The van der Waals surface area contributed by atoms with Crippen molar-refractivity contribution in [3.63, 3.8) is 0 Å². The number of hydrogen-bond acceptors (Lipinski definition) is 5. The third-order valence-electron chi connectivity index (χ3n) is 2.54. The highest BCUT2D eigenvalue weighted by Crippen LogP contribution is 2.23. The summed E-state index contributed by atoms with van der Waals surface area (Å²) in [5.74, 6) is -2.13. The van der Waals surface area contributed by atoms with Crippen LogP contribution in [0.25, 0.3) is 0 Å². The number of hydrogen-bond donors (Lipinski definition) is 2. The zero-order valence-electron chi connectivity index (χ0n) is 10.6. The van der Waals surface area contributed by atoms with Gasteiger partial charge in [0.15, 0.2) is 11.9 Å². The van der Waals surface area contributed by atoms with Crippen LogP contribution >= 0.6 is 0 Å². The number of ketones is 1. The van der Waals surface area contributed by atoms with E-state index < -0.39 is 29.8 Å². The van der Waals surface area contributed by atoms with E-state index in [0.717, 1.165) is 18.2 Å². The minimum absolute atomic E-state index is 0.0190. The number of esters is 1. The molecule has 0 aliphatic rings. The second-order valence-corrected chi connectivity index (χ2v) is 3.93. The van der Waals surface area contributed by atoms with Crippen molar-refractivity contribution >= 4 is 11.8 Å². The summed E-state index contributed by atoms with van der Waals surface area (Å²) in [5.41, 5.74) is -0.106. The van der Waals surface area contributed by atoms with Crippen LogP contribution in [-0.4, -0.2) is 34.7 Å². The maximum atomic E-state index is 13.1. The zero-order chi connectivity index (χ0) is 14.6. The average molecular weight is 270 g/mol. The third-order valence-corrected chi connectivity index (χ3v) is 2.54. The van der Waals surface area contributed by atoms with Gasteiger partial charge in [-0.25, -0.2) is 9.18 Å². The van der Waals surface area contributed by atoms with Crippen LogP contribution in [0.15, 0.2) is 18.2 Å². The Labute approximate surface area is 109 Å². The van der Waals surface area contributed by atoms with E-state index in [0.29, 0.717) is 0 Å². The molecule has 1 rings (SSSR count). The molecule has 2 unspecified atom stereocenters. The first-order valence-electron chi connectivity index (χ1n) is 5.71. The molecule has 1 aromatic carbocycles. The van der Waals surface area contributed by atoms with Crippen LogP contribution in [0.3, 0.4) is 0 Å². The number of aliphatic hydroxyl groups is 2. The van der Waals surface area contributed by atoms with Gasteiger partial charge in [-0.05, 0) is 31.5 Å². The summed E-state index contributed by atoms with van der Waals surface area (Å²) in [6.07, 6.45) is -3.48. The Hall–Kier alpha value is -1.79. The molecule has 0 heterocycles. The minimum Gasteiger partial charge on any atom is -0.464 e. The fraction of sp³-hybridized carbons (Fsp3) is 0.385. The number of aliphatic hydroxyl groups excluding tert-OH is 2. The molecule has 0 radical (unpaired) electrons. The molecule has 5 nitrogen and oxygen atoms in total. The predicted molar refractivity (Wildman–Crippen MR) is 64.0 cm³/mol. The Morgan fingerprint density at radius 3 is 2.53 bits per heavy atom. The molecule has 0 saturated heterocycles. The summed E-state index contributed by atoms with van der Waals surface area (Å²) in [7, 11) is 0. The van der Waals surface area contributed by atoms with Gasteiger partial charge in [-0.2, -0.15) is 0 Å². The normalized spacial score (nSPS) is 13.7. The van der Waals surface area contributed by atoms with Crippen molar-refractivity contribution in [2.45, 2.75) is 26.1 Å². The summed E-state index contributed by atoms with van der Waals surface area (Å²) in [6.45, 7) is 2.79. The smallest absolute Gasteiger partial charge is 0.338 e. The van der Waals surface area contributed by atoms with E-state index in [9.17, 15) is 24.2 Å². The highest BCUT2D eigenvalue weighted by Gasteiger charge is 2.29. The molecule has 2 N–H and O–H groups in total. The monoisotopic (exact) mass is 270 g/mol. The Morgan fingerprint density at radius 2 is 2.00 bits per heavy atom. The fourth-order valence-electron chi connectivity index (χ4n) is 1.62. The predicted octanol–water partition coefficient (Wildman–Crippen LogP) is 0.986. The molecular weight excluding hydrogens is 255 g/mol. The van der Waals surface area contributed by atoms with Crippen LogP contribution in [0, 0.1) is 5.82 Å². The Balaban J connectivity index is 3.08. The van der Waals surface area contributed by atoms with E-state index in [-0.39, 0.29) is 17.7 Å². The topological polar surface area (TPSA) is 83.8 Å². The maximum Gasteiger partial charge on any atom is 0.338 e. The number of carbonyl (C=O) groups excluding carboxylic acids is 2. The Morgan fingerprint density at radius 1 is 1.37 bits per heavy atom. The lowest BCUT2D eigenvalue weighted by Gasteiger charge is -2.18. The van der Waals surface area contributed by atoms with Gasteiger partial charge >= 0.3 is 5.97 Å². The fourth-order valence-corrected chi connectivity index (χ4v) is 1.62. The van der Waals surface area contributed by atoms with Crippen LogP contribution < -0.4 is 0 Å². The molecule has 2 atom stereocenters. The van der Waals surface area contributed by atoms with Gasteiger partial charge in [-0.1, -0.05) is 6.07 Å². The highest BCUT2D eigenvalue weighted by molar-refractivity contribution is 5.96. The van der Waals surface area contributed by atoms with Crippen molar-refractivity contribution in [2.75, 3.05) is 6.61 Å². The second kappa shape index (κ2) is 6.40. The summed E-state index contributed by atoms with van der Waals surface area (Å²) in [5, 5.41) is 19.5. The van der Waals surface area contributed by atoms with Crippen LogP contribution in [0.1, 0.15) is 35.9 Å². The molecule has 19 heavy (non-hydrogen) atoms. The van der Waals surface area contributed by atoms with Crippen molar-refractivity contribution in [3.8, 4) is 0 Å². The zero-order valence-corrected chi connectivity index (χ0v) is 10.6. The summed E-state index contributed by atoms with van der Waals surface area (Å²) < 4.78 is 17.6. The van der Waals surface area contributed by atoms with Gasteiger partial charge in [-0.3, -0.25) is 4.79 Å². The second-order valence-electron chi connectivity index (χ2n) is 3.93. The number of ether oxygens (including phenoxy) is 1. The van der Waals surface area contributed by atoms with E-state index in [1.165, 1.54) is 6.92 Å². The van der Waals surface area contributed by atoms with Crippen LogP contribution in [-0.2, 0) is 9.53 Å². The molecule has 0 aromatic heterocycles. The molecule has 1 aromatic rings. The molecule has 0 bridgehead atoms. The molecule has 0 amide bonds. The van der Waals surface area contributed by atoms with Gasteiger partial charge in [0.25, 0.3) is 0 Å². The van der Waals surface area contributed by atoms with E-state index >= 15 is 0 Å². The van der Waals surface area contributed by atoms with E-state index in [1.807, 2.05) is 0 Å². The summed E-state index contributed by atoms with van der Waals surface area (Å²) >= 11 is 0. The van der Waals surface area contributed by atoms with Crippen molar-refractivity contribution in [3.05, 3.63) is 35.1 Å². The average Bonchev–Trinajstić information content (AvgIpc) is 2.37. The lowest BCUT2D eigenvalue weighted by molar-refractivity contribution is -0.159. The van der Waals surface area contributed by atoms with E-state index in [4.69, 9.17) is 0 Å². The maximum absolute atomic E-state index is 13.1. The highest BCUT2D eigenvalue weighted by atomic mass is 19.1. The Bertz CT molecular complexity index is 486. The third kappa shape index (κ3) is 3.59. The molecule has 0 spiro atoms. The van der Waals surface area contributed by atoms with Crippen LogP contribution in [0.5, 0.6) is 0 Å². The number of benzene rings is 1. The largest absolute Gasteiger partial charge is 0.464 e. The van der Waals surface area contributed by atoms with Gasteiger partial charge in [0, 0.05) is 5.56 Å². The standard InChI is InChI=1S/C13H15FO5/c1-3-19-13(18)12(17)11(16)9-5-4-8(14)6-10(9)7(2)15/h4-6,11-12,16-17H,3H2,1-2H3. The quantitative estimate of drug-likeness (QED) is 0.615. The first-order chi connectivity index (χ1) is 8.88. The Kier molecular flexibility index (Phi) is 5.14. The molecule has 6 heteroatoms. The van der Waals surface area contributed by atoms with E-state index in [2.05, 4.69) is 4.74 Å². The summed E-state index contributed by atoms with van der Waals surface area (Å²) in [6, 6.07) is 3.13. The number of Topliss-reactive ketones (excluding diaryl/α,β-unsaturated/α-hetero) is 1. The number of carbonyl (C=O) groups is 2. The minimum atomic E-state index is -1.83. The van der Waals surface area contributed by atoms with Crippen LogP contribution in [0.2, 0.25) is 0 Å².